The Morgan fingerprint density at radius 1 is 1.08 bits per heavy atom. The van der Waals surface area contributed by atoms with E-state index in [4.69, 9.17) is 16.0 Å². The van der Waals surface area contributed by atoms with Crippen LogP contribution in [0.25, 0.3) is 22.6 Å². The normalized spacial score (nSPS) is 11.4. The summed E-state index contributed by atoms with van der Waals surface area (Å²) in [5.41, 5.74) is 6.25. The molecule has 0 aliphatic rings. The minimum absolute atomic E-state index is 0.231. The van der Waals surface area contributed by atoms with Gasteiger partial charge in [0.1, 0.15) is 5.52 Å². The highest BCUT2D eigenvalue weighted by atomic mass is 35.5. The Balaban J connectivity index is 1.49. The monoisotopic (exact) mass is 511 g/mol. The minimum Gasteiger partial charge on any atom is -0.502 e. The van der Waals surface area contributed by atoms with Gasteiger partial charge in [-0.2, -0.15) is 0 Å². The highest BCUT2D eigenvalue weighted by Crippen LogP contribution is 2.33. The first-order valence-corrected chi connectivity index (χ1v) is 11.9. The van der Waals surface area contributed by atoms with Crippen molar-refractivity contribution >= 4 is 40.3 Å². The molecule has 0 radical (unpaired) electrons. The van der Waals surface area contributed by atoms with Crippen molar-refractivity contribution in [3.63, 3.8) is 0 Å². The topological polar surface area (TPSA) is 102 Å². The number of hydrogen-bond acceptors (Lipinski definition) is 6. The number of nitro benzene ring substituents is 1. The van der Waals surface area contributed by atoms with Crippen molar-refractivity contribution in [2.75, 3.05) is 0 Å². The molecule has 0 aliphatic heterocycles. The van der Waals surface area contributed by atoms with Gasteiger partial charge in [-0.05, 0) is 78.9 Å². The van der Waals surface area contributed by atoms with Crippen LogP contribution in [0, 0.1) is 24.0 Å². The number of aromatic hydroxyl groups is 1. The summed E-state index contributed by atoms with van der Waals surface area (Å²) >= 11 is 6.27. The molecule has 184 valence electrons. The molecule has 0 bridgehead atoms. The van der Waals surface area contributed by atoms with E-state index in [2.05, 4.69) is 9.98 Å². The van der Waals surface area contributed by atoms with E-state index in [0.717, 1.165) is 33.4 Å². The van der Waals surface area contributed by atoms with Gasteiger partial charge in [0.25, 0.3) is 0 Å². The summed E-state index contributed by atoms with van der Waals surface area (Å²) in [4.78, 5) is 20.1. The fourth-order valence-electron chi connectivity index (χ4n) is 4.27. The molecule has 5 aromatic rings. The van der Waals surface area contributed by atoms with Crippen molar-refractivity contribution in [2.45, 2.75) is 20.3 Å². The molecule has 1 heterocycles. The average molecular weight is 512 g/mol. The van der Waals surface area contributed by atoms with E-state index >= 15 is 0 Å². The van der Waals surface area contributed by atoms with Crippen molar-refractivity contribution in [3.8, 4) is 17.2 Å². The smallest absolute Gasteiger partial charge is 0.311 e. The maximum atomic E-state index is 11.6. The number of aliphatic imine (C=N–C) groups is 1. The minimum atomic E-state index is -0.611. The number of hydrogen-bond donors (Lipinski definition) is 1. The van der Waals surface area contributed by atoms with E-state index in [1.807, 2.05) is 62.4 Å². The molecular formula is C29H22ClN3O4. The summed E-state index contributed by atoms with van der Waals surface area (Å²) in [6, 6.07) is 21.6. The number of nitrogens with zero attached hydrogens (tertiary/aromatic N) is 3. The molecule has 8 heteroatoms. The van der Waals surface area contributed by atoms with Crippen LogP contribution >= 0.6 is 11.6 Å². The van der Waals surface area contributed by atoms with E-state index in [-0.39, 0.29) is 5.56 Å². The number of benzene rings is 4. The molecule has 0 unspecified atom stereocenters. The number of oxazole rings is 1. The molecule has 4 aromatic carbocycles. The summed E-state index contributed by atoms with van der Waals surface area (Å²) in [7, 11) is 0. The van der Waals surface area contributed by atoms with Crippen LogP contribution in [0.5, 0.6) is 5.75 Å². The lowest BCUT2D eigenvalue weighted by atomic mass is 10.0. The molecule has 1 aromatic heterocycles. The number of phenols is 1. The summed E-state index contributed by atoms with van der Waals surface area (Å²) in [5.74, 6) is 0.0265. The van der Waals surface area contributed by atoms with Gasteiger partial charge in [-0.15, -0.1) is 0 Å². The van der Waals surface area contributed by atoms with E-state index < -0.39 is 16.4 Å². The molecule has 5 rings (SSSR count). The van der Waals surface area contributed by atoms with Crippen molar-refractivity contribution in [1.29, 1.82) is 0 Å². The molecule has 0 saturated carbocycles. The molecule has 0 atom stereocenters. The summed E-state index contributed by atoms with van der Waals surface area (Å²) < 4.78 is 6.01. The van der Waals surface area contributed by atoms with Crippen LogP contribution in [0.15, 0.2) is 82.2 Å². The predicted molar refractivity (Wildman–Crippen MR) is 145 cm³/mol. The number of fused-ring (bicyclic) bond motifs is 1. The van der Waals surface area contributed by atoms with E-state index in [1.54, 1.807) is 18.2 Å². The van der Waals surface area contributed by atoms with Crippen LogP contribution in [-0.4, -0.2) is 21.2 Å². The van der Waals surface area contributed by atoms with Crippen LogP contribution in [0.4, 0.5) is 11.4 Å². The maximum Gasteiger partial charge on any atom is 0.311 e. The average Bonchev–Trinajstić information content (AvgIpc) is 3.30. The predicted octanol–water partition coefficient (Wildman–Crippen LogP) is 7.72. The second kappa shape index (κ2) is 9.87. The highest BCUT2D eigenvalue weighted by Gasteiger charge is 2.19. The maximum absolute atomic E-state index is 11.6. The number of aromatic nitrogens is 1. The Hall–Kier alpha value is -4.49. The quantitative estimate of drug-likeness (QED) is 0.143. The van der Waals surface area contributed by atoms with Crippen LogP contribution in [0.2, 0.25) is 5.02 Å². The van der Waals surface area contributed by atoms with Crippen LogP contribution in [-0.2, 0) is 6.42 Å². The zero-order valence-electron chi connectivity index (χ0n) is 20.1. The van der Waals surface area contributed by atoms with Gasteiger partial charge in [0, 0.05) is 28.4 Å². The molecule has 1 N–H and O–H groups in total. The van der Waals surface area contributed by atoms with Crippen molar-refractivity contribution in [1.82, 2.24) is 4.98 Å². The third-order valence-corrected chi connectivity index (χ3v) is 6.36. The van der Waals surface area contributed by atoms with Gasteiger partial charge in [0.15, 0.2) is 5.58 Å². The lowest BCUT2D eigenvalue weighted by molar-refractivity contribution is -0.385. The number of phenolic OH excluding ortho intramolecular Hbond substituents is 1. The van der Waals surface area contributed by atoms with Gasteiger partial charge in [-0.25, -0.2) is 4.98 Å². The second-order valence-electron chi connectivity index (χ2n) is 8.84. The lowest BCUT2D eigenvalue weighted by Crippen LogP contribution is -1.97. The summed E-state index contributed by atoms with van der Waals surface area (Å²) in [6.07, 6.45) is 1.78. The van der Waals surface area contributed by atoms with Gasteiger partial charge >= 0.3 is 5.69 Å². The number of aryl methyl sites for hydroxylation is 2. The number of rotatable bonds is 6. The van der Waals surface area contributed by atoms with Crippen LogP contribution in [0.3, 0.4) is 0 Å². The zero-order valence-corrected chi connectivity index (χ0v) is 20.9. The molecular weight excluding hydrogens is 490 g/mol. The van der Waals surface area contributed by atoms with E-state index in [9.17, 15) is 15.2 Å². The molecule has 0 saturated heterocycles. The SMILES string of the molecule is Cc1cc(C)c2oc(-c3cccc(N=Cc4cc(Cc5ccccc5Cl)cc([N+](=O)[O-])c4O)c3)nc2c1. The Morgan fingerprint density at radius 2 is 1.89 bits per heavy atom. The Kier molecular flexibility index (Phi) is 6.46. The Bertz CT molecular complexity index is 1690. The first kappa shape index (κ1) is 24.2. The highest BCUT2D eigenvalue weighted by molar-refractivity contribution is 6.31. The third kappa shape index (κ3) is 5.08. The number of nitro groups is 1. The fourth-order valence-corrected chi connectivity index (χ4v) is 4.47. The van der Waals surface area contributed by atoms with E-state index in [0.29, 0.717) is 28.6 Å². The second-order valence-corrected chi connectivity index (χ2v) is 9.24. The Labute approximate surface area is 217 Å². The van der Waals surface area contributed by atoms with Crippen molar-refractivity contribution < 1.29 is 14.4 Å². The van der Waals surface area contributed by atoms with Crippen LogP contribution < -0.4 is 0 Å². The van der Waals surface area contributed by atoms with Crippen LogP contribution in [0.1, 0.15) is 27.8 Å². The first-order valence-electron chi connectivity index (χ1n) is 11.5. The van der Waals surface area contributed by atoms with Gasteiger partial charge in [0.05, 0.1) is 10.6 Å². The van der Waals surface area contributed by atoms with Gasteiger partial charge < -0.3 is 9.52 Å². The molecule has 0 aliphatic carbocycles. The van der Waals surface area contributed by atoms with Gasteiger partial charge in [-0.1, -0.05) is 41.9 Å². The van der Waals surface area contributed by atoms with Gasteiger partial charge in [0.2, 0.25) is 11.6 Å². The number of halogens is 1. The lowest BCUT2D eigenvalue weighted by Gasteiger charge is -2.08. The molecule has 37 heavy (non-hydrogen) atoms. The van der Waals surface area contributed by atoms with Crippen molar-refractivity contribution in [2.24, 2.45) is 4.99 Å². The summed E-state index contributed by atoms with van der Waals surface area (Å²) in [5, 5.41) is 22.7. The first-order chi connectivity index (χ1) is 17.8. The fraction of sp³-hybridized carbons (Fsp3) is 0.103. The molecule has 0 spiro atoms. The zero-order chi connectivity index (χ0) is 26.1. The third-order valence-electron chi connectivity index (χ3n) is 5.99. The van der Waals surface area contributed by atoms with E-state index in [1.165, 1.54) is 12.3 Å². The largest absolute Gasteiger partial charge is 0.502 e. The van der Waals surface area contributed by atoms with Gasteiger partial charge in [-0.3, -0.25) is 15.1 Å². The standard InChI is InChI=1S/C29H22ClN3O4/c1-17-10-18(2)28-25(11-17)32-29(37-28)21-7-5-8-23(15-21)31-16-22-13-19(14-26(27(22)34)33(35)36)12-20-6-3-4-9-24(20)30/h3-11,13-16,34H,12H2,1-2H3. The Morgan fingerprint density at radius 3 is 2.68 bits per heavy atom. The van der Waals surface area contributed by atoms with Crippen molar-refractivity contribution in [3.05, 3.63) is 116 Å². The molecule has 7 nitrogen and oxygen atoms in total. The molecule has 0 fully saturated rings. The molecule has 0 amide bonds. The summed E-state index contributed by atoms with van der Waals surface area (Å²) in [6.45, 7) is 4.00.